The number of rotatable bonds is 5. The highest BCUT2D eigenvalue weighted by Crippen LogP contribution is 2.22. The van der Waals surface area contributed by atoms with Gasteiger partial charge >= 0.3 is 0 Å². The Kier molecular flexibility index (Phi) is 4.35. The second-order valence-electron chi connectivity index (χ2n) is 4.72. The molecule has 0 bridgehead atoms. The normalized spacial score (nSPS) is 11.0. The summed E-state index contributed by atoms with van der Waals surface area (Å²) in [6.45, 7) is 2.09. The third-order valence-corrected chi connectivity index (χ3v) is 4.30. The number of ketones is 1. The van der Waals surface area contributed by atoms with E-state index in [9.17, 15) is 4.79 Å². The average molecular weight is 334 g/mol. The van der Waals surface area contributed by atoms with Gasteiger partial charge in [0.2, 0.25) is 0 Å². The average Bonchev–Trinajstić information content (AvgIpc) is 2.91. The van der Waals surface area contributed by atoms with E-state index in [0.29, 0.717) is 33.5 Å². The minimum Gasteiger partial charge on any atom is -0.299 e. The summed E-state index contributed by atoms with van der Waals surface area (Å²) >= 11 is 7.23. The first kappa shape index (κ1) is 14.9. The zero-order valence-corrected chi connectivity index (χ0v) is 13.3. The summed E-state index contributed by atoms with van der Waals surface area (Å²) in [6, 6.07) is 7.53. The SMILES string of the molecule is CC(=O)CSc1ncnc2c1nnn2Cc1ccc(Cl)cc1. The summed E-state index contributed by atoms with van der Waals surface area (Å²) < 4.78 is 1.71. The highest BCUT2D eigenvalue weighted by atomic mass is 35.5. The van der Waals surface area contributed by atoms with Gasteiger partial charge < -0.3 is 0 Å². The molecular formula is C14H12ClN5OS. The fourth-order valence-electron chi connectivity index (χ4n) is 1.92. The molecule has 0 fully saturated rings. The van der Waals surface area contributed by atoms with Crippen molar-refractivity contribution >= 4 is 40.3 Å². The molecule has 0 amide bonds. The van der Waals surface area contributed by atoms with Crippen LogP contribution in [0.4, 0.5) is 0 Å². The smallest absolute Gasteiger partial charge is 0.183 e. The van der Waals surface area contributed by atoms with Crippen LogP contribution in [0.2, 0.25) is 5.02 Å². The molecular weight excluding hydrogens is 322 g/mol. The third-order valence-electron chi connectivity index (χ3n) is 2.92. The molecule has 8 heteroatoms. The van der Waals surface area contributed by atoms with E-state index in [0.717, 1.165) is 5.56 Å². The molecule has 0 radical (unpaired) electrons. The van der Waals surface area contributed by atoms with Crippen molar-refractivity contribution in [2.24, 2.45) is 0 Å². The van der Waals surface area contributed by atoms with Gasteiger partial charge in [-0.25, -0.2) is 14.6 Å². The number of halogens is 1. The Balaban J connectivity index is 1.90. The number of thioether (sulfide) groups is 1. The van der Waals surface area contributed by atoms with Crippen molar-refractivity contribution < 1.29 is 4.79 Å². The van der Waals surface area contributed by atoms with E-state index in [1.807, 2.05) is 24.3 Å². The maximum atomic E-state index is 11.1. The molecule has 3 rings (SSSR count). The number of benzene rings is 1. The Morgan fingerprint density at radius 2 is 2.05 bits per heavy atom. The number of fused-ring (bicyclic) bond motifs is 1. The van der Waals surface area contributed by atoms with Gasteiger partial charge in [-0.15, -0.1) is 5.10 Å². The minimum absolute atomic E-state index is 0.0883. The van der Waals surface area contributed by atoms with Crippen molar-refractivity contribution in [2.75, 3.05) is 5.75 Å². The molecule has 0 aliphatic carbocycles. The van der Waals surface area contributed by atoms with Crippen molar-refractivity contribution in [2.45, 2.75) is 18.5 Å². The molecule has 1 aromatic carbocycles. The van der Waals surface area contributed by atoms with Gasteiger partial charge in [0.1, 0.15) is 17.1 Å². The van der Waals surface area contributed by atoms with Crippen LogP contribution in [0.25, 0.3) is 11.2 Å². The van der Waals surface area contributed by atoms with Crippen molar-refractivity contribution in [3.05, 3.63) is 41.2 Å². The molecule has 0 unspecified atom stereocenters. The molecule has 0 atom stereocenters. The standard InChI is InChI=1S/C14H12ClN5OS/c1-9(21)7-22-14-12-13(16-8-17-14)20(19-18-12)6-10-2-4-11(15)5-3-10/h2-5,8H,6-7H2,1H3. The molecule has 6 nitrogen and oxygen atoms in total. The zero-order chi connectivity index (χ0) is 15.5. The summed E-state index contributed by atoms with van der Waals surface area (Å²) in [6.07, 6.45) is 1.46. The summed E-state index contributed by atoms with van der Waals surface area (Å²) in [5.74, 6) is 0.446. The predicted octanol–water partition coefficient (Wildman–Crippen LogP) is 2.60. The fourth-order valence-corrected chi connectivity index (χ4v) is 2.77. The Labute approximate surface area is 135 Å². The Morgan fingerprint density at radius 1 is 1.27 bits per heavy atom. The second kappa shape index (κ2) is 6.41. The minimum atomic E-state index is 0.0883. The monoisotopic (exact) mass is 333 g/mol. The van der Waals surface area contributed by atoms with E-state index in [1.54, 1.807) is 11.6 Å². The Bertz CT molecular complexity index is 818. The highest BCUT2D eigenvalue weighted by molar-refractivity contribution is 8.00. The highest BCUT2D eigenvalue weighted by Gasteiger charge is 2.13. The van der Waals surface area contributed by atoms with Crippen molar-refractivity contribution in [3.63, 3.8) is 0 Å². The largest absolute Gasteiger partial charge is 0.299 e. The van der Waals surface area contributed by atoms with Crippen molar-refractivity contribution in [3.8, 4) is 0 Å². The number of Topliss-reactive ketones (excluding diaryl/α,β-unsaturated/α-hetero) is 1. The van der Waals surface area contributed by atoms with Gasteiger partial charge in [0.05, 0.1) is 12.3 Å². The van der Waals surface area contributed by atoms with Crippen molar-refractivity contribution in [1.29, 1.82) is 0 Å². The summed E-state index contributed by atoms with van der Waals surface area (Å²) in [4.78, 5) is 19.5. The Morgan fingerprint density at radius 3 is 2.77 bits per heavy atom. The lowest BCUT2D eigenvalue weighted by molar-refractivity contribution is -0.114. The fraction of sp³-hybridized carbons (Fsp3) is 0.214. The molecule has 112 valence electrons. The number of hydrogen-bond acceptors (Lipinski definition) is 6. The van der Waals surface area contributed by atoms with Gasteiger partial charge in [0, 0.05) is 5.02 Å². The number of hydrogen-bond donors (Lipinski definition) is 0. The summed E-state index contributed by atoms with van der Waals surface area (Å²) in [5, 5.41) is 9.63. The molecule has 22 heavy (non-hydrogen) atoms. The van der Waals surface area contributed by atoms with Crippen LogP contribution in [-0.2, 0) is 11.3 Å². The van der Waals surface area contributed by atoms with Crippen LogP contribution in [0.1, 0.15) is 12.5 Å². The molecule has 0 saturated heterocycles. The molecule has 0 aliphatic rings. The third kappa shape index (κ3) is 3.26. The van der Waals surface area contributed by atoms with Crippen molar-refractivity contribution in [1.82, 2.24) is 25.0 Å². The summed E-state index contributed by atoms with van der Waals surface area (Å²) in [5.41, 5.74) is 2.31. The second-order valence-corrected chi connectivity index (χ2v) is 6.12. The van der Waals surface area contributed by atoms with Crippen LogP contribution in [0.5, 0.6) is 0 Å². The van der Waals surface area contributed by atoms with E-state index >= 15 is 0 Å². The lowest BCUT2D eigenvalue weighted by atomic mass is 10.2. The van der Waals surface area contributed by atoms with E-state index < -0.39 is 0 Å². The maximum Gasteiger partial charge on any atom is 0.183 e. The zero-order valence-electron chi connectivity index (χ0n) is 11.7. The number of nitrogens with zero attached hydrogens (tertiary/aromatic N) is 5. The van der Waals surface area contributed by atoms with Gasteiger partial charge in [-0.3, -0.25) is 4.79 Å². The van der Waals surface area contributed by atoms with Crippen LogP contribution in [0, 0.1) is 0 Å². The van der Waals surface area contributed by atoms with Crippen LogP contribution < -0.4 is 0 Å². The molecule has 2 aromatic heterocycles. The first-order valence-electron chi connectivity index (χ1n) is 6.54. The van der Waals surface area contributed by atoms with E-state index in [2.05, 4.69) is 20.3 Å². The summed E-state index contributed by atoms with van der Waals surface area (Å²) in [7, 11) is 0. The number of carbonyl (C=O) groups excluding carboxylic acids is 1. The van der Waals surface area contributed by atoms with Crippen LogP contribution in [-0.4, -0.2) is 36.5 Å². The van der Waals surface area contributed by atoms with Crippen LogP contribution in [0.15, 0.2) is 35.6 Å². The number of aromatic nitrogens is 5. The van der Waals surface area contributed by atoms with E-state index in [-0.39, 0.29) is 5.78 Å². The van der Waals surface area contributed by atoms with Gasteiger partial charge in [-0.05, 0) is 24.6 Å². The maximum absolute atomic E-state index is 11.1. The first-order valence-corrected chi connectivity index (χ1v) is 7.90. The molecule has 0 N–H and O–H groups in total. The predicted molar refractivity (Wildman–Crippen MR) is 85.1 cm³/mol. The number of carbonyl (C=O) groups is 1. The van der Waals surface area contributed by atoms with Gasteiger partial charge in [-0.2, -0.15) is 0 Å². The lowest BCUT2D eigenvalue weighted by Gasteiger charge is -2.03. The Hall–Kier alpha value is -1.99. The van der Waals surface area contributed by atoms with Gasteiger partial charge in [0.15, 0.2) is 11.2 Å². The van der Waals surface area contributed by atoms with Gasteiger partial charge in [-0.1, -0.05) is 40.7 Å². The topological polar surface area (TPSA) is 73.6 Å². The van der Waals surface area contributed by atoms with Crippen LogP contribution in [0.3, 0.4) is 0 Å². The lowest BCUT2D eigenvalue weighted by Crippen LogP contribution is -2.03. The molecule has 0 spiro atoms. The van der Waals surface area contributed by atoms with E-state index in [1.165, 1.54) is 18.1 Å². The van der Waals surface area contributed by atoms with Gasteiger partial charge in [0.25, 0.3) is 0 Å². The molecule has 0 saturated carbocycles. The van der Waals surface area contributed by atoms with E-state index in [4.69, 9.17) is 11.6 Å². The van der Waals surface area contributed by atoms with Crippen LogP contribution >= 0.6 is 23.4 Å². The first-order chi connectivity index (χ1) is 10.6. The molecule has 2 heterocycles. The molecule has 3 aromatic rings. The molecule has 0 aliphatic heterocycles. The quantitative estimate of drug-likeness (QED) is 0.528.